The predicted octanol–water partition coefficient (Wildman–Crippen LogP) is 5.01. The molecule has 0 unspecified atom stereocenters. The molecule has 0 spiro atoms. The molecule has 0 saturated carbocycles. The first-order valence-corrected chi connectivity index (χ1v) is 10.1. The van der Waals surface area contributed by atoms with Gasteiger partial charge in [-0.2, -0.15) is 5.10 Å². The van der Waals surface area contributed by atoms with Gasteiger partial charge in [-0.3, -0.25) is 4.79 Å². The second kappa shape index (κ2) is 8.48. The second-order valence-electron chi connectivity index (χ2n) is 6.38. The Labute approximate surface area is 182 Å². The average molecular weight is 495 g/mol. The Bertz CT molecular complexity index is 1200. The van der Waals surface area contributed by atoms with E-state index in [4.69, 9.17) is 4.74 Å². The number of halogens is 1. The van der Waals surface area contributed by atoms with E-state index in [0.717, 1.165) is 22.2 Å². The molecule has 1 aromatic heterocycles. The number of nitrogens with one attached hydrogen (secondary N) is 1. The van der Waals surface area contributed by atoms with Crippen molar-refractivity contribution < 1.29 is 9.53 Å². The lowest BCUT2D eigenvalue weighted by molar-refractivity contribution is 0.0952. The summed E-state index contributed by atoms with van der Waals surface area (Å²) in [7, 11) is 1.55. The average Bonchev–Trinajstić information content (AvgIpc) is 3.21. The number of hydrogen-bond donors (Lipinski definition) is 1. The number of aromatic nitrogens is 1. The fourth-order valence-electron chi connectivity index (χ4n) is 3.12. The standard InChI is InChI=1S/C23H18IN3O2/c1-29-22-14-17-6-3-2-5-16(17)13-21(22)23(28)26-25-15-20-7-4-12-27(20)19-10-8-18(24)9-11-19/h2-15H,1H3,(H,26,28)/b25-15-. The van der Waals surface area contributed by atoms with Crippen LogP contribution < -0.4 is 10.2 Å². The molecule has 1 amide bonds. The van der Waals surface area contributed by atoms with E-state index in [-0.39, 0.29) is 5.91 Å². The molecule has 0 bridgehead atoms. The van der Waals surface area contributed by atoms with Gasteiger partial charge in [0.05, 0.1) is 24.6 Å². The van der Waals surface area contributed by atoms with E-state index >= 15 is 0 Å². The van der Waals surface area contributed by atoms with Crippen LogP contribution in [0.3, 0.4) is 0 Å². The monoisotopic (exact) mass is 495 g/mol. The van der Waals surface area contributed by atoms with E-state index in [9.17, 15) is 4.79 Å². The minimum absolute atomic E-state index is 0.323. The molecule has 1 N–H and O–H groups in total. The van der Waals surface area contributed by atoms with Crippen LogP contribution in [0.4, 0.5) is 0 Å². The Morgan fingerprint density at radius 2 is 1.76 bits per heavy atom. The number of amides is 1. The van der Waals surface area contributed by atoms with Crippen molar-refractivity contribution in [1.29, 1.82) is 0 Å². The summed E-state index contributed by atoms with van der Waals surface area (Å²) in [6.07, 6.45) is 3.58. The number of hydrogen-bond acceptors (Lipinski definition) is 3. The summed E-state index contributed by atoms with van der Waals surface area (Å²) in [5.74, 6) is 0.190. The number of hydrazone groups is 1. The number of benzene rings is 3. The highest BCUT2D eigenvalue weighted by molar-refractivity contribution is 14.1. The first kappa shape index (κ1) is 19.2. The van der Waals surface area contributed by atoms with Crippen molar-refractivity contribution in [2.45, 2.75) is 0 Å². The molecule has 0 atom stereocenters. The third-order valence-corrected chi connectivity index (χ3v) is 5.28. The van der Waals surface area contributed by atoms with Crippen molar-refractivity contribution in [1.82, 2.24) is 9.99 Å². The van der Waals surface area contributed by atoms with E-state index in [1.54, 1.807) is 13.3 Å². The van der Waals surface area contributed by atoms with Crippen molar-refractivity contribution >= 4 is 45.5 Å². The highest BCUT2D eigenvalue weighted by Gasteiger charge is 2.13. The first-order valence-electron chi connectivity index (χ1n) is 8.99. The van der Waals surface area contributed by atoms with Gasteiger partial charge in [-0.25, -0.2) is 5.43 Å². The predicted molar refractivity (Wildman–Crippen MR) is 124 cm³/mol. The minimum Gasteiger partial charge on any atom is -0.496 e. The smallest absolute Gasteiger partial charge is 0.275 e. The molecule has 4 rings (SSSR count). The molecule has 5 nitrogen and oxygen atoms in total. The van der Waals surface area contributed by atoms with E-state index in [0.29, 0.717) is 11.3 Å². The van der Waals surface area contributed by atoms with E-state index < -0.39 is 0 Å². The van der Waals surface area contributed by atoms with Crippen molar-refractivity contribution in [2.24, 2.45) is 5.10 Å². The topological polar surface area (TPSA) is 55.6 Å². The Morgan fingerprint density at radius 3 is 2.48 bits per heavy atom. The Morgan fingerprint density at radius 1 is 1.03 bits per heavy atom. The van der Waals surface area contributed by atoms with E-state index in [1.165, 1.54) is 3.57 Å². The molecule has 144 valence electrons. The van der Waals surface area contributed by atoms with Crippen LogP contribution in [-0.2, 0) is 0 Å². The summed E-state index contributed by atoms with van der Waals surface area (Å²) < 4.78 is 8.57. The van der Waals surface area contributed by atoms with Gasteiger partial charge in [0.2, 0.25) is 0 Å². The highest BCUT2D eigenvalue weighted by atomic mass is 127. The molecule has 0 aliphatic carbocycles. The third-order valence-electron chi connectivity index (χ3n) is 4.56. The summed E-state index contributed by atoms with van der Waals surface area (Å²) in [5, 5.41) is 6.13. The molecular weight excluding hydrogens is 477 g/mol. The van der Waals surface area contributed by atoms with Gasteiger partial charge < -0.3 is 9.30 Å². The van der Waals surface area contributed by atoms with Crippen LogP contribution in [0.2, 0.25) is 0 Å². The maximum Gasteiger partial charge on any atom is 0.275 e. The first-order chi connectivity index (χ1) is 14.2. The number of methoxy groups -OCH3 is 1. The Kier molecular flexibility index (Phi) is 5.62. The van der Waals surface area contributed by atoms with Crippen LogP contribution in [-0.4, -0.2) is 23.8 Å². The summed E-state index contributed by atoms with van der Waals surface area (Å²) in [5.41, 5.74) is 4.93. The number of carbonyl (C=O) groups is 1. The maximum atomic E-state index is 12.7. The fourth-order valence-corrected chi connectivity index (χ4v) is 3.48. The van der Waals surface area contributed by atoms with Crippen molar-refractivity contribution in [3.05, 3.63) is 93.8 Å². The number of carbonyl (C=O) groups excluding carboxylic acids is 1. The quantitative estimate of drug-likeness (QED) is 0.241. The zero-order valence-corrected chi connectivity index (χ0v) is 17.8. The molecule has 3 aromatic carbocycles. The second-order valence-corrected chi connectivity index (χ2v) is 7.62. The normalized spacial score (nSPS) is 11.1. The number of ether oxygens (including phenoxy) is 1. The van der Waals surface area contributed by atoms with Crippen molar-refractivity contribution in [3.8, 4) is 11.4 Å². The SMILES string of the molecule is COc1cc2ccccc2cc1C(=O)N/N=C\c1cccn1-c1ccc(I)cc1. The summed E-state index contributed by atoms with van der Waals surface area (Å²) in [6, 6.07) is 23.5. The van der Waals surface area contributed by atoms with Crippen molar-refractivity contribution in [3.63, 3.8) is 0 Å². The van der Waals surface area contributed by atoms with Crippen LogP contribution in [0.25, 0.3) is 16.5 Å². The summed E-state index contributed by atoms with van der Waals surface area (Å²) >= 11 is 2.28. The molecule has 29 heavy (non-hydrogen) atoms. The zero-order chi connectivity index (χ0) is 20.2. The molecule has 6 heteroatoms. The van der Waals surface area contributed by atoms with Gasteiger partial charge in [-0.05, 0) is 81.9 Å². The summed E-state index contributed by atoms with van der Waals surface area (Å²) in [6.45, 7) is 0. The largest absolute Gasteiger partial charge is 0.496 e. The van der Waals surface area contributed by atoms with Crippen LogP contribution >= 0.6 is 22.6 Å². The molecule has 0 radical (unpaired) electrons. The lowest BCUT2D eigenvalue weighted by Gasteiger charge is -2.09. The van der Waals surface area contributed by atoms with Gasteiger partial charge in [0.25, 0.3) is 5.91 Å². The number of nitrogens with zero attached hydrogens (tertiary/aromatic N) is 2. The number of rotatable bonds is 5. The van der Waals surface area contributed by atoms with Gasteiger partial charge >= 0.3 is 0 Å². The third kappa shape index (κ3) is 4.17. The fraction of sp³-hybridized carbons (Fsp3) is 0.0435. The lowest BCUT2D eigenvalue weighted by Crippen LogP contribution is -2.18. The Balaban J connectivity index is 1.55. The summed E-state index contributed by atoms with van der Waals surface area (Å²) in [4.78, 5) is 12.7. The van der Waals surface area contributed by atoms with E-state index in [2.05, 4.69) is 33.1 Å². The lowest BCUT2D eigenvalue weighted by atomic mass is 10.1. The molecular formula is C23H18IN3O2. The molecule has 0 aliphatic heterocycles. The van der Waals surface area contributed by atoms with Gasteiger partial charge in [-0.15, -0.1) is 0 Å². The highest BCUT2D eigenvalue weighted by Crippen LogP contribution is 2.25. The van der Waals surface area contributed by atoms with Crippen LogP contribution in [0.15, 0.2) is 84.1 Å². The van der Waals surface area contributed by atoms with Gasteiger partial charge in [0.1, 0.15) is 5.75 Å². The molecule has 0 saturated heterocycles. The Hall–Kier alpha value is -3.13. The zero-order valence-electron chi connectivity index (χ0n) is 15.7. The minimum atomic E-state index is -0.323. The molecule has 1 heterocycles. The van der Waals surface area contributed by atoms with Crippen molar-refractivity contribution in [2.75, 3.05) is 7.11 Å². The van der Waals surface area contributed by atoms with Crippen LogP contribution in [0, 0.1) is 3.57 Å². The van der Waals surface area contributed by atoms with Crippen LogP contribution in [0.5, 0.6) is 5.75 Å². The number of fused-ring (bicyclic) bond motifs is 1. The van der Waals surface area contributed by atoms with Crippen LogP contribution in [0.1, 0.15) is 16.1 Å². The molecule has 0 aliphatic rings. The van der Waals surface area contributed by atoms with Gasteiger partial charge in [0, 0.05) is 15.5 Å². The molecule has 0 fully saturated rings. The molecule has 4 aromatic rings. The maximum absolute atomic E-state index is 12.7. The van der Waals surface area contributed by atoms with E-state index in [1.807, 2.05) is 83.6 Å². The van der Waals surface area contributed by atoms with Gasteiger partial charge in [0.15, 0.2) is 0 Å². The van der Waals surface area contributed by atoms with Gasteiger partial charge in [-0.1, -0.05) is 24.3 Å².